The van der Waals surface area contributed by atoms with Crippen molar-refractivity contribution >= 4 is 39.5 Å². The van der Waals surface area contributed by atoms with Crippen molar-refractivity contribution in [2.24, 2.45) is 34.4 Å². The predicted molar refractivity (Wildman–Crippen MR) is 234 cm³/mol. The fourth-order valence-corrected chi connectivity index (χ4v) is 12.0. The van der Waals surface area contributed by atoms with Crippen molar-refractivity contribution in [1.29, 1.82) is 0 Å². The van der Waals surface area contributed by atoms with Gasteiger partial charge in [-0.3, -0.25) is 10.3 Å². The molecule has 0 radical (unpaired) electrons. The van der Waals surface area contributed by atoms with E-state index < -0.39 is 97.3 Å². The number of esters is 1. The second-order valence-corrected chi connectivity index (χ2v) is 18.9. The second kappa shape index (κ2) is 22.9. The van der Waals surface area contributed by atoms with Crippen LogP contribution in [-0.2, 0) is 33.3 Å². The summed E-state index contributed by atoms with van der Waals surface area (Å²) in [5.41, 5.74) is 6.59. The lowest BCUT2D eigenvalue weighted by molar-refractivity contribution is -0.416. The number of aliphatic hydroxyl groups excluding tert-OH is 6. The first-order valence-electron chi connectivity index (χ1n) is 21.2. The number of aliphatic carboxylic acids is 1. The Morgan fingerprint density at radius 3 is 2.63 bits per heavy atom. The van der Waals surface area contributed by atoms with Gasteiger partial charge in [0.25, 0.3) is 0 Å². The van der Waals surface area contributed by atoms with E-state index in [4.69, 9.17) is 29.4 Å². The lowest BCUT2D eigenvalue weighted by Gasteiger charge is -2.48. The highest BCUT2D eigenvalue weighted by molar-refractivity contribution is 8.77. The van der Waals surface area contributed by atoms with Gasteiger partial charge in [0, 0.05) is 67.3 Å². The number of carbonyl (C=O) groups is 2. The Labute approximate surface area is 383 Å². The molecule has 65 heavy (non-hydrogen) atoms. The normalized spacial score (nSPS) is 34.3. The van der Waals surface area contributed by atoms with Crippen LogP contribution in [0.25, 0.3) is 0 Å². The van der Waals surface area contributed by atoms with E-state index >= 15 is 0 Å². The first-order valence-corrected chi connectivity index (χ1v) is 23.6. The van der Waals surface area contributed by atoms with E-state index in [0.29, 0.717) is 24.2 Å². The van der Waals surface area contributed by atoms with Gasteiger partial charge in [0.15, 0.2) is 18.4 Å². The Hall–Kier alpha value is -3.71. The van der Waals surface area contributed by atoms with Gasteiger partial charge >= 0.3 is 11.9 Å². The molecule has 6 rings (SSSR count). The monoisotopic (exact) mass is 953 g/mol. The molecule has 1 saturated carbocycles. The van der Waals surface area contributed by atoms with Crippen LogP contribution in [0.3, 0.4) is 0 Å². The van der Waals surface area contributed by atoms with E-state index in [1.54, 1.807) is 11.0 Å². The first-order chi connectivity index (χ1) is 31.2. The molecule has 0 spiro atoms. The molecule has 1 aliphatic carbocycles. The van der Waals surface area contributed by atoms with Gasteiger partial charge < -0.3 is 85.6 Å². The minimum absolute atomic E-state index is 0.0101. The third kappa shape index (κ3) is 11.2. The van der Waals surface area contributed by atoms with Gasteiger partial charge in [0.2, 0.25) is 12.1 Å². The summed E-state index contributed by atoms with van der Waals surface area (Å²) >= 11 is 0. The number of likely N-dealkylation sites (N-methyl/N-ethyl adjacent to an activating group) is 1. The van der Waals surface area contributed by atoms with E-state index in [9.17, 15) is 55.5 Å². The van der Waals surface area contributed by atoms with Gasteiger partial charge in [-0.05, 0) is 43.9 Å². The molecule has 1 saturated heterocycles. The summed E-state index contributed by atoms with van der Waals surface area (Å²) in [5, 5.41) is 99.7. The maximum Gasteiger partial charge on any atom is 0.339 e. The van der Waals surface area contributed by atoms with Gasteiger partial charge in [-0.15, -0.1) is 6.58 Å². The Morgan fingerprint density at radius 1 is 1.18 bits per heavy atom. The van der Waals surface area contributed by atoms with Gasteiger partial charge in [-0.2, -0.15) is 0 Å². The maximum absolute atomic E-state index is 14.6. The lowest BCUT2D eigenvalue weighted by atomic mass is 9.77. The largest absolute Gasteiger partial charge is 0.478 e. The molecule has 2 fully saturated rings. The number of allylic oxidation sites excluding steroid dienone is 1. The summed E-state index contributed by atoms with van der Waals surface area (Å²) < 4.78 is 30.3. The molecule has 23 heteroatoms. The van der Waals surface area contributed by atoms with Crippen LogP contribution in [0, 0.1) is 35.5 Å². The number of ether oxygens (including phenoxy) is 5. The molecular formula is C42H59N5O16S2. The van der Waals surface area contributed by atoms with Crippen LogP contribution >= 0.6 is 21.6 Å². The number of hydrogen-bond acceptors (Lipinski definition) is 20. The average molecular weight is 954 g/mol. The van der Waals surface area contributed by atoms with Gasteiger partial charge in [0.05, 0.1) is 54.9 Å². The van der Waals surface area contributed by atoms with Gasteiger partial charge in [0.1, 0.15) is 24.5 Å². The Kier molecular flexibility index (Phi) is 17.8. The van der Waals surface area contributed by atoms with E-state index in [1.165, 1.54) is 40.9 Å². The molecule has 21 nitrogen and oxygen atoms in total. The first kappa shape index (κ1) is 50.7. The average Bonchev–Trinajstić information content (AvgIpc) is 3.67. The van der Waals surface area contributed by atoms with Crippen molar-refractivity contribution < 1.29 is 79.2 Å². The van der Waals surface area contributed by atoms with E-state index in [0.717, 1.165) is 6.26 Å². The number of aliphatic imine (C=N–C) groups is 1. The number of fused-ring (bicyclic) bond motifs is 8. The van der Waals surface area contributed by atoms with Crippen LogP contribution in [-0.4, -0.2) is 188 Å². The zero-order valence-corrected chi connectivity index (χ0v) is 37.3. The van der Waals surface area contributed by atoms with E-state index in [2.05, 4.69) is 34.0 Å². The lowest BCUT2D eigenvalue weighted by Crippen LogP contribution is -2.69. The number of aliphatic hydroxyl groups is 8. The SMILES string of the molecule is C=CC1C(OC2OC(CO)C(O)C(O)(O)C2OC(CO)NC)OC=C2C(=O)OC3CCC(CO)C3CSSC3CC#CC(=CC4=C(NC(N)=NCCCO)C(C(=O)O)=CN(C4)C3CO)C21. The summed E-state index contributed by atoms with van der Waals surface area (Å²) in [7, 11) is 4.37. The highest BCUT2D eigenvalue weighted by Crippen LogP contribution is 2.46. The third-order valence-electron chi connectivity index (χ3n) is 12.3. The Bertz CT molecular complexity index is 1950. The summed E-state index contributed by atoms with van der Waals surface area (Å²) in [6.45, 7) is 1.99. The van der Waals surface area contributed by atoms with Crippen LogP contribution in [0.2, 0.25) is 0 Å². The zero-order chi connectivity index (χ0) is 47.0. The minimum atomic E-state index is -3.12. The summed E-state index contributed by atoms with van der Waals surface area (Å²) in [4.78, 5) is 33.7. The second-order valence-electron chi connectivity index (χ2n) is 16.3. The smallest absolute Gasteiger partial charge is 0.339 e. The fraction of sp³-hybridized carbons (Fsp3) is 0.643. The minimum Gasteiger partial charge on any atom is -0.478 e. The zero-order valence-electron chi connectivity index (χ0n) is 35.7. The van der Waals surface area contributed by atoms with Crippen LogP contribution in [0.1, 0.15) is 25.7 Å². The number of guanidine groups is 1. The highest BCUT2D eigenvalue weighted by atomic mass is 33.1. The quantitative estimate of drug-likeness (QED) is 0.0119. The van der Waals surface area contributed by atoms with Crippen molar-refractivity contribution in [3.8, 4) is 11.8 Å². The van der Waals surface area contributed by atoms with Gasteiger partial charge in [-0.1, -0.05) is 39.5 Å². The number of hydrogen-bond donors (Lipinski definition) is 12. The van der Waals surface area contributed by atoms with E-state index in [1.807, 2.05) is 0 Å². The summed E-state index contributed by atoms with van der Waals surface area (Å²) in [6.07, 6.45) is -3.73. The number of nitrogens with one attached hydrogen (secondary N) is 2. The third-order valence-corrected chi connectivity index (χ3v) is 15.2. The highest BCUT2D eigenvalue weighted by Gasteiger charge is 2.58. The summed E-state index contributed by atoms with van der Waals surface area (Å²) in [6, 6.07) is -0.639. The molecule has 4 bridgehead atoms. The van der Waals surface area contributed by atoms with Crippen molar-refractivity contribution in [3.63, 3.8) is 0 Å². The molecule has 0 aromatic rings. The van der Waals surface area contributed by atoms with Crippen molar-refractivity contribution in [3.05, 3.63) is 59.2 Å². The number of carbonyl (C=O) groups excluding carboxylic acids is 1. The van der Waals surface area contributed by atoms with Crippen LogP contribution in [0.15, 0.2) is 64.2 Å². The standard InChI is InChI=1S/C42H59N5O16S2/c1-3-24-33-21-6-4-7-31(28(16-50)47-13-23(12-21)34(25(14-47)37(54)55)46-41(43)45-10-5-11-48)65-64-20-27-22(15-49)8-9-29(27)60-38(56)26(33)19-59-39(24)63-40-36(62-32(18-52)44-2)42(57,58)35(53)30(17-51)61-40/h3,12,14,19,22,24,27-33,35-36,39-40,44,48-53,57-58H,1,5,7-11,13,15-18,20H2,2H3,(H,54,55)(H3,43,45,46). The predicted octanol–water partition coefficient (Wildman–Crippen LogP) is -2.44. The van der Waals surface area contributed by atoms with Gasteiger partial charge in [-0.25, -0.2) is 9.59 Å². The van der Waals surface area contributed by atoms with Crippen LogP contribution < -0.4 is 16.4 Å². The molecule has 0 aromatic heterocycles. The molecular weight excluding hydrogens is 895 g/mol. The van der Waals surface area contributed by atoms with Crippen molar-refractivity contribution in [1.82, 2.24) is 15.5 Å². The van der Waals surface area contributed by atoms with Crippen molar-refractivity contribution in [2.75, 3.05) is 58.9 Å². The van der Waals surface area contributed by atoms with E-state index in [-0.39, 0.29) is 86.0 Å². The molecule has 0 amide bonds. The number of rotatable bonds is 15. The summed E-state index contributed by atoms with van der Waals surface area (Å²) in [5.74, 6) is -1.15. The number of nitrogens with two attached hydrogens (primary N) is 1. The number of nitrogens with zero attached hydrogens (tertiary/aromatic N) is 2. The topological polar surface area (TPSA) is 328 Å². The molecule has 5 aliphatic heterocycles. The fourth-order valence-electron chi connectivity index (χ4n) is 8.73. The Balaban J connectivity index is 1.54. The van der Waals surface area contributed by atoms with Crippen molar-refractivity contribution in [2.45, 2.75) is 86.0 Å². The number of carboxylic acid groups (broad SMARTS) is 1. The van der Waals surface area contributed by atoms with Crippen LogP contribution in [0.4, 0.5) is 0 Å². The molecule has 13 N–H and O–H groups in total. The molecule has 13 atom stereocenters. The molecule has 360 valence electrons. The number of carboxylic acids is 1. The van der Waals surface area contributed by atoms with Crippen LogP contribution in [0.5, 0.6) is 0 Å². The maximum atomic E-state index is 14.6. The Morgan fingerprint density at radius 2 is 1.97 bits per heavy atom. The molecule has 6 aliphatic rings. The molecule has 5 heterocycles. The molecule has 0 aromatic carbocycles. The molecule has 13 unspecified atom stereocenters.